The molecule has 0 bridgehead atoms. The summed E-state index contributed by atoms with van der Waals surface area (Å²) in [5.74, 6) is -1.90. The molecule has 3 N–H and O–H groups in total. The fourth-order valence-electron chi connectivity index (χ4n) is 1.30. The van der Waals surface area contributed by atoms with Crippen LogP contribution >= 0.6 is 0 Å². The molecule has 0 radical (unpaired) electrons. The van der Waals surface area contributed by atoms with E-state index < -0.39 is 18.5 Å². The summed E-state index contributed by atoms with van der Waals surface area (Å²) in [6, 6.07) is 0. The van der Waals surface area contributed by atoms with Crippen LogP contribution in [0.15, 0.2) is 0 Å². The van der Waals surface area contributed by atoms with Crippen molar-refractivity contribution in [3.63, 3.8) is 0 Å². The summed E-state index contributed by atoms with van der Waals surface area (Å²) < 4.78 is 4.98. The van der Waals surface area contributed by atoms with Gasteiger partial charge in [0.15, 0.2) is 0 Å². The second kappa shape index (κ2) is 2.71. The highest BCUT2D eigenvalue weighted by Gasteiger charge is 2.49. The van der Waals surface area contributed by atoms with Gasteiger partial charge in [0, 0.05) is 5.92 Å². The zero-order valence-corrected chi connectivity index (χ0v) is 6.69. The van der Waals surface area contributed by atoms with E-state index in [2.05, 4.69) is 0 Å². The van der Waals surface area contributed by atoms with Crippen LogP contribution < -0.4 is 0 Å². The van der Waals surface area contributed by atoms with Crippen molar-refractivity contribution in [3.8, 4) is 0 Å². The van der Waals surface area contributed by atoms with Crippen molar-refractivity contribution in [2.75, 3.05) is 6.61 Å². The zero-order chi connectivity index (χ0) is 8.65. The van der Waals surface area contributed by atoms with Gasteiger partial charge in [-0.3, -0.25) is 0 Å². The number of aliphatic hydroxyl groups is 3. The van der Waals surface area contributed by atoms with Crippen molar-refractivity contribution in [1.82, 2.24) is 0 Å². The third kappa shape index (κ3) is 1.27. The second-order valence-electron chi connectivity index (χ2n) is 3.13. The van der Waals surface area contributed by atoms with Gasteiger partial charge in [-0.15, -0.1) is 0 Å². The first kappa shape index (κ1) is 8.93. The van der Waals surface area contributed by atoms with Gasteiger partial charge in [0.05, 0.1) is 12.7 Å². The summed E-state index contributed by atoms with van der Waals surface area (Å²) in [5, 5.41) is 27.4. The maximum atomic E-state index is 9.39. The molecule has 0 spiro atoms. The molecule has 0 aromatic rings. The molecule has 1 fully saturated rings. The predicted octanol–water partition coefficient (Wildman–Crippen LogP) is -0.917. The van der Waals surface area contributed by atoms with Crippen LogP contribution in [0, 0.1) is 5.92 Å². The van der Waals surface area contributed by atoms with Crippen LogP contribution in [0.3, 0.4) is 0 Å². The normalized spacial score (nSPS) is 51.5. The predicted molar refractivity (Wildman–Crippen MR) is 37.8 cm³/mol. The Morgan fingerprint density at radius 1 is 1.45 bits per heavy atom. The highest BCUT2D eigenvalue weighted by atomic mass is 16.7. The number of ether oxygens (including phenoxy) is 1. The van der Waals surface area contributed by atoms with E-state index in [-0.39, 0.29) is 12.0 Å². The maximum Gasteiger partial charge on any atom is 0.216 e. The van der Waals surface area contributed by atoms with Gasteiger partial charge in [0.2, 0.25) is 5.79 Å². The van der Waals surface area contributed by atoms with Crippen LogP contribution in [0.1, 0.15) is 13.8 Å². The summed E-state index contributed by atoms with van der Waals surface area (Å²) in [6.45, 7) is 2.95. The van der Waals surface area contributed by atoms with Gasteiger partial charge in [0.25, 0.3) is 0 Å². The summed E-state index contributed by atoms with van der Waals surface area (Å²) in [6.07, 6.45) is -1.22. The molecule has 0 amide bonds. The van der Waals surface area contributed by atoms with Crippen molar-refractivity contribution in [3.05, 3.63) is 0 Å². The maximum absolute atomic E-state index is 9.39. The van der Waals surface area contributed by atoms with Crippen molar-refractivity contribution >= 4 is 0 Å². The summed E-state index contributed by atoms with van der Waals surface area (Å²) >= 11 is 0. The fourth-order valence-corrected chi connectivity index (χ4v) is 1.30. The third-order valence-electron chi connectivity index (χ3n) is 2.32. The Bertz CT molecular complexity index is 149. The van der Waals surface area contributed by atoms with E-state index in [0.29, 0.717) is 0 Å². The molecule has 1 saturated heterocycles. The van der Waals surface area contributed by atoms with Crippen molar-refractivity contribution in [2.24, 2.45) is 5.92 Å². The van der Waals surface area contributed by atoms with Gasteiger partial charge >= 0.3 is 0 Å². The van der Waals surface area contributed by atoms with Crippen molar-refractivity contribution in [2.45, 2.75) is 31.8 Å². The second-order valence-corrected chi connectivity index (χ2v) is 3.13. The lowest BCUT2D eigenvalue weighted by atomic mass is 9.98. The van der Waals surface area contributed by atoms with E-state index in [0.717, 1.165) is 0 Å². The minimum absolute atomic E-state index is 0.146. The average Bonchev–Trinajstić information content (AvgIpc) is 2.17. The average molecular weight is 162 g/mol. The molecular formula is C7H14O4. The standard InChI is InChI=1S/C7H14O4/c1-4-5(2)11-7(10,3-8)6(4)9/h4-6,8-10H,3H2,1-2H3/t4-,5-,6+,7?/m1/s1. The third-order valence-corrected chi connectivity index (χ3v) is 2.32. The van der Waals surface area contributed by atoms with Crippen LogP contribution in [0.25, 0.3) is 0 Å². The first-order valence-electron chi connectivity index (χ1n) is 3.70. The highest BCUT2D eigenvalue weighted by molar-refractivity contribution is 4.90. The smallest absolute Gasteiger partial charge is 0.216 e. The Hall–Kier alpha value is -0.160. The molecule has 1 aliphatic heterocycles. The van der Waals surface area contributed by atoms with Gasteiger partial charge in [0.1, 0.15) is 6.10 Å². The first-order valence-corrected chi connectivity index (χ1v) is 3.70. The van der Waals surface area contributed by atoms with E-state index in [1.807, 2.05) is 0 Å². The molecule has 1 rings (SSSR count). The number of hydrogen-bond donors (Lipinski definition) is 3. The van der Waals surface area contributed by atoms with Crippen LogP contribution in [0.5, 0.6) is 0 Å². The summed E-state index contributed by atoms with van der Waals surface area (Å²) in [4.78, 5) is 0. The lowest BCUT2D eigenvalue weighted by molar-refractivity contribution is -0.243. The van der Waals surface area contributed by atoms with Crippen LogP contribution in [-0.4, -0.2) is 39.9 Å². The van der Waals surface area contributed by atoms with Crippen LogP contribution in [0.4, 0.5) is 0 Å². The Kier molecular flexibility index (Phi) is 2.20. The van der Waals surface area contributed by atoms with E-state index in [4.69, 9.17) is 9.84 Å². The van der Waals surface area contributed by atoms with E-state index in [9.17, 15) is 10.2 Å². The molecule has 1 heterocycles. The minimum atomic E-state index is -1.75. The van der Waals surface area contributed by atoms with Crippen LogP contribution in [-0.2, 0) is 4.74 Å². The lowest BCUT2D eigenvalue weighted by Crippen LogP contribution is -2.44. The Labute approximate surface area is 65.4 Å². The van der Waals surface area contributed by atoms with Gasteiger partial charge in [-0.05, 0) is 6.92 Å². The molecule has 0 aromatic heterocycles. The molecule has 1 aliphatic rings. The Morgan fingerprint density at radius 3 is 2.18 bits per heavy atom. The van der Waals surface area contributed by atoms with E-state index in [1.54, 1.807) is 13.8 Å². The Morgan fingerprint density at radius 2 is 2.00 bits per heavy atom. The molecule has 4 atom stereocenters. The monoisotopic (exact) mass is 162 g/mol. The molecule has 0 aliphatic carbocycles. The molecule has 11 heavy (non-hydrogen) atoms. The minimum Gasteiger partial charge on any atom is -0.391 e. The van der Waals surface area contributed by atoms with Gasteiger partial charge < -0.3 is 20.1 Å². The molecule has 4 nitrogen and oxygen atoms in total. The van der Waals surface area contributed by atoms with Crippen molar-refractivity contribution in [1.29, 1.82) is 0 Å². The molecule has 4 heteroatoms. The molecule has 0 aromatic carbocycles. The fraction of sp³-hybridized carbons (Fsp3) is 1.00. The highest BCUT2D eigenvalue weighted by Crippen LogP contribution is 2.32. The van der Waals surface area contributed by atoms with Gasteiger partial charge in [-0.1, -0.05) is 6.92 Å². The lowest BCUT2D eigenvalue weighted by Gasteiger charge is -2.23. The summed E-state index contributed by atoms with van der Waals surface area (Å²) in [5.41, 5.74) is 0. The number of aliphatic hydroxyl groups excluding tert-OH is 2. The topological polar surface area (TPSA) is 69.9 Å². The molecule has 1 unspecified atom stereocenters. The molecule has 0 saturated carbocycles. The molecular weight excluding hydrogens is 148 g/mol. The number of hydrogen-bond acceptors (Lipinski definition) is 4. The SMILES string of the molecule is C[C@@H]1[C@@H](C)OC(O)(CO)[C@H]1O. The molecule has 66 valence electrons. The Balaban J connectivity index is 2.73. The number of rotatable bonds is 1. The van der Waals surface area contributed by atoms with Gasteiger partial charge in [-0.2, -0.15) is 0 Å². The first-order chi connectivity index (χ1) is 5.01. The van der Waals surface area contributed by atoms with Gasteiger partial charge in [-0.25, -0.2) is 0 Å². The van der Waals surface area contributed by atoms with Crippen LogP contribution in [0.2, 0.25) is 0 Å². The zero-order valence-electron chi connectivity index (χ0n) is 6.69. The van der Waals surface area contributed by atoms with E-state index in [1.165, 1.54) is 0 Å². The largest absolute Gasteiger partial charge is 0.391 e. The summed E-state index contributed by atoms with van der Waals surface area (Å²) in [7, 11) is 0. The quantitative estimate of drug-likeness (QED) is 0.466. The van der Waals surface area contributed by atoms with E-state index >= 15 is 0 Å². The van der Waals surface area contributed by atoms with Crippen molar-refractivity contribution < 1.29 is 20.1 Å².